The maximum Gasteiger partial charge on any atom is 0.416 e. The number of piperidine rings is 1. The van der Waals surface area contributed by atoms with E-state index in [0.29, 0.717) is 0 Å². The molecule has 100 valence electrons. The second kappa shape index (κ2) is 4.92. The van der Waals surface area contributed by atoms with E-state index in [4.69, 9.17) is 0 Å². The van der Waals surface area contributed by atoms with E-state index < -0.39 is 11.7 Å². The highest BCUT2D eigenvalue weighted by Gasteiger charge is 2.31. The van der Waals surface area contributed by atoms with E-state index in [2.05, 4.69) is 12.2 Å². The summed E-state index contributed by atoms with van der Waals surface area (Å²) in [4.78, 5) is 0. The van der Waals surface area contributed by atoms with Gasteiger partial charge in [-0.05, 0) is 50.4 Å². The van der Waals surface area contributed by atoms with Gasteiger partial charge in [0.25, 0.3) is 0 Å². The van der Waals surface area contributed by atoms with Crippen molar-refractivity contribution in [3.05, 3.63) is 35.4 Å². The largest absolute Gasteiger partial charge is 0.416 e. The summed E-state index contributed by atoms with van der Waals surface area (Å²) in [7, 11) is 0. The van der Waals surface area contributed by atoms with Crippen LogP contribution in [0.25, 0.3) is 0 Å². The molecule has 1 unspecified atom stereocenters. The minimum absolute atomic E-state index is 0.0258. The van der Waals surface area contributed by atoms with Gasteiger partial charge >= 0.3 is 6.18 Å². The third-order valence-corrected chi connectivity index (χ3v) is 3.58. The van der Waals surface area contributed by atoms with Gasteiger partial charge in [0, 0.05) is 5.54 Å². The lowest BCUT2D eigenvalue weighted by Crippen LogP contribution is -2.47. The number of hydrogen-bond acceptors (Lipinski definition) is 1. The summed E-state index contributed by atoms with van der Waals surface area (Å²) in [5, 5.41) is 3.47. The van der Waals surface area contributed by atoms with Crippen LogP contribution >= 0.6 is 0 Å². The highest BCUT2D eigenvalue weighted by atomic mass is 19.4. The van der Waals surface area contributed by atoms with E-state index in [1.807, 2.05) is 0 Å². The molecule has 4 heteroatoms. The van der Waals surface area contributed by atoms with Crippen LogP contribution < -0.4 is 5.32 Å². The molecule has 0 aliphatic carbocycles. The van der Waals surface area contributed by atoms with Crippen LogP contribution in [-0.2, 0) is 12.6 Å². The monoisotopic (exact) mass is 257 g/mol. The third-order valence-electron chi connectivity index (χ3n) is 3.58. The SMILES string of the molecule is CC1(Cc2ccc(C(F)(F)F)cc2)CCCCN1. The van der Waals surface area contributed by atoms with Crippen molar-refractivity contribution in [3.63, 3.8) is 0 Å². The molecular formula is C14H18F3N. The van der Waals surface area contributed by atoms with Crippen molar-refractivity contribution in [2.75, 3.05) is 6.54 Å². The fourth-order valence-corrected chi connectivity index (χ4v) is 2.53. The molecule has 0 bridgehead atoms. The number of halogens is 3. The predicted molar refractivity (Wildman–Crippen MR) is 65.4 cm³/mol. The second-order valence-corrected chi connectivity index (χ2v) is 5.32. The molecule has 0 radical (unpaired) electrons. The number of benzene rings is 1. The molecule has 1 aromatic rings. The molecule has 1 aliphatic heterocycles. The molecule has 1 heterocycles. The van der Waals surface area contributed by atoms with Crippen molar-refractivity contribution in [3.8, 4) is 0 Å². The first kappa shape index (κ1) is 13.4. The Labute approximate surface area is 105 Å². The van der Waals surface area contributed by atoms with Crippen LogP contribution in [0.1, 0.15) is 37.3 Å². The standard InChI is InChI=1S/C14H18F3N/c1-13(8-2-3-9-18-13)10-11-4-6-12(7-5-11)14(15,16)17/h4-7,18H,2-3,8-10H2,1H3. The Hall–Kier alpha value is -1.03. The first-order valence-electron chi connectivity index (χ1n) is 6.30. The zero-order valence-electron chi connectivity index (χ0n) is 10.5. The fourth-order valence-electron chi connectivity index (χ4n) is 2.53. The Balaban J connectivity index is 2.06. The summed E-state index contributed by atoms with van der Waals surface area (Å²) in [5.74, 6) is 0. The maximum atomic E-state index is 12.4. The minimum atomic E-state index is -4.24. The fraction of sp³-hybridized carbons (Fsp3) is 0.571. The van der Waals surface area contributed by atoms with E-state index in [0.717, 1.165) is 24.9 Å². The van der Waals surface area contributed by atoms with E-state index >= 15 is 0 Å². The number of hydrogen-bond donors (Lipinski definition) is 1. The first-order valence-corrected chi connectivity index (χ1v) is 6.30. The van der Waals surface area contributed by atoms with Gasteiger partial charge in [0.2, 0.25) is 0 Å². The van der Waals surface area contributed by atoms with E-state index in [1.165, 1.54) is 25.0 Å². The van der Waals surface area contributed by atoms with Gasteiger partial charge in [-0.2, -0.15) is 13.2 Å². The lowest BCUT2D eigenvalue weighted by atomic mass is 9.85. The lowest BCUT2D eigenvalue weighted by Gasteiger charge is -2.35. The normalized spacial score (nSPS) is 25.1. The molecule has 1 atom stereocenters. The Morgan fingerprint density at radius 3 is 2.33 bits per heavy atom. The Bertz CT molecular complexity index is 388. The molecule has 0 amide bonds. The summed E-state index contributed by atoms with van der Waals surface area (Å²) in [6.45, 7) is 3.14. The van der Waals surface area contributed by atoms with Crippen LogP contribution in [0.3, 0.4) is 0 Å². The van der Waals surface area contributed by atoms with Crippen LogP contribution in [0.2, 0.25) is 0 Å². The highest BCUT2D eigenvalue weighted by Crippen LogP contribution is 2.30. The molecule has 1 saturated heterocycles. The zero-order valence-corrected chi connectivity index (χ0v) is 10.5. The van der Waals surface area contributed by atoms with Crippen molar-refractivity contribution in [2.24, 2.45) is 0 Å². The van der Waals surface area contributed by atoms with Crippen LogP contribution in [0, 0.1) is 0 Å². The van der Waals surface area contributed by atoms with Crippen LogP contribution in [-0.4, -0.2) is 12.1 Å². The van der Waals surface area contributed by atoms with E-state index in [1.54, 1.807) is 12.1 Å². The van der Waals surface area contributed by atoms with Crippen LogP contribution in [0.15, 0.2) is 24.3 Å². The topological polar surface area (TPSA) is 12.0 Å². The Morgan fingerprint density at radius 1 is 1.17 bits per heavy atom. The zero-order chi connectivity index (χ0) is 13.2. The molecule has 18 heavy (non-hydrogen) atoms. The third kappa shape index (κ3) is 3.25. The summed E-state index contributed by atoms with van der Waals surface area (Å²) < 4.78 is 37.3. The van der Waals surface area contributed by atoms with Crippen molar-refractivity contribution >= 4 is 0 Å². The average molecular weight is 257 g/mol. The smallest absolute Gasteiger partial charge is 0.311 e. The molecule has 1 aliphatic rings. The average Bonchev–Trinajstić information content (AvgIpc) is 2.29. The summed E-state index contributed by atoms with van der Waals surface area (Å²) in [6, 6.07) is 5.51. The molecule has 0 spiro atoms. The van der Waals surface area contributed by atoms with Gasteiger partial charge in [-0.15, -0.1) is 0 Å². The molecule has 1 aromatic carbocycles. The Kier molecular flexibility index (Phi) is 3.66. The number of rotatable bonds is 2. The van der Waals surface area contributed by atoms with Gasteiger partial charge in [-0.3, -0.25) is 0 Å². The molecular weight excluding hydrogens is 239 g/mol. The first-order chi connectivity index (χ1) is 8.39. The van der Waals surface area contributed by atoms with Crippen molar-refractivity contribution in [1.29, 1.82) is 0 Å². The minimum Gasteiger partial charge on any atom is -0.311 e. The summed E-state index contributed by atoms with van der Waals surface area (Å²) >= 11 is 0. The van der Waals surface area contributed by atoms with Gasteiger partial charge < -0.3 is 5.32 Å². The van der Waals surface area contributed by atoms with Crippen LogP contribution in [0.5, 0.6) is 0 Å². The predicted octanol–water partition coefficient (Wildman–Crippen LogP) is 3.78. The molecule has 1 fully saturated rings. The van der Waals surface area contributed by atoms with Gasteiger partial charge in [0.05, 0.1) is 5.56 Å². The van der Waals surface area contributed by atoms with Gasteiger partial charge in [0.15, 0.2) is 0 Å². The van der Waals surface area contributed by atoms with Crippen molar-refractivity contribution in [2.45, 2.75) is 44.3 Å². The molecule has 1 N–H and O–H groups in total. The van der Waals surface area contributed by atoms with Crippen molar-refractivity contribution in [1.82, 2.24) is 5.32 Å². The molecule has 0 saturated carbocycles. The van der Waals surface area contributed by atoms with Crippen molar-refractivity contribution < 1.29 is 13.2 Å². The van der Waals surface area contributed by atoms with Crippen LogP contribution in [0.4, 0.5) is 13.2 Å². The summed E-state index contributed by atoms with van der Waals surface area (Å²) in [5.41, 5.74) is 0.408. The molecule has 2 rings (SSSR count). The van der Waals surface area contributed by atoms with E-state index in [9.17, 15) is 13.2 Å². The second-order valence-electron chi connectivity index (χ2n) is 5.32. The summed E-state index contributed by atoms with van der Waals surface area (Å²) in [6.07, 6.45) is -0.0165. The van der Waals surface area contributed by atoms with Gasteiger partial charge in [0.1, 0.15) is 0 Å². The Morgan fingerprint density at radius 2 is 1.83 bits per heavy atom. The lowest BCUT2D eigenvalue weighted by molar-refractivity contribution is -0.137. The number of alkyl halides is 3. The highest BCUT2D eigenvalue weighted by molar-refractivity contribution is 5.26. The van der Waals surface area contributed by atoms with E-state index in [-0.39, 0.29) is 5.54 Å². The van der Waals surface area contributed by atoms with Gasteiger partial charge in [-0.25, -0.2) is 0 Å². The number of nitrogens with one attached hydrogen (secondary N) is 1. The molecule has 1 nitrogen and oxygen atoms in total. The van der Waals surface area contributed by atoms with Gasteiger partial charge in [-0.1, -0.05) is 18.6 Å². The quantitative estimate of drug-likeness (QED) is 0.850. The molecule has 0 aromatic heterocycles. The maximum absolute atomic E-state index is 12.4.